The third-order valence-corrected chi connectivity index (χ3v) is 1.41. The first-order valence-corrected chi connectivity index (χ1v) is 3.62. The van der Waals surface area contributed by atoms with E-state index < -0.39 is 12.6 Å². The molecule has 0 fully saturated rings. The minimum Gasteiger partial charge on any atom is -0.277 e. The van der Waals surface area contributed by atoms with Gasteiger partial charge in [0.2, 0.25) is 0 Å². The van der Waals surface area contributed by atoms with E-state index in [1.165, 1.54) is 25.4 Å². The van der Waals surface area contributed by atoms with Gasteiger partial charge in [-0.25, -0.2) is 9.87 Å². The van der Waals surface area contributed by atoms with Gasteiger partial charge in [-0.2, -0.15) is 0 Å². The summed E-state index contributed by atoms with van der Waals surface area (Å²) in [6.45, 7) is -0.686. The molecular weight excluding hydrogens is 175 g/mol. The summed E-state index contributed by atoms with van der Waals surface area (Å²) in [6, 6.07) is 2.85. The van der Waals surface area contributed by atoms with Gasteiger partial charge in [0.25, 0.3) is 5.91 Å². The number of aromatic nitrogens is 1. The van der Waals surface area contributed by atoms with Gasteiger partial charge in [0.05, 0.1) is 12.8 Å². The Labute approximate surface area is 74.7 Å². The molecule has 1 aromatic rings. The highest BCUT2D eigenvalue weighted by atomic mass is 19.1. The summed E-state index contributed by atoms with van der Waals surface area (Å²) in [5.41, 5.74) is 2.67. The first kappa shape index (κ1) is 9.60. The maximum absolute atomic E-state index is 12.1. The molecule has 1 N–H and O–H groups in total. The van der Waals surface area contributed by atoms with Crippen molar-refractivity contribution in [3.05, 3.63) is 29.6 Å². The summed E-state index contributed by atoms with van der Waals surface area (Å²) < 4.78 is 12.1. The number of nitrogens with one attached hydrogen (secondary N) is 1. The standard InChI is InChI=1S/C8H9FN2O2/c1-13-11-8(12)6-2-3-10-7(4-6)5-9/h2-4H,5H2,1H3,(H,11,12). The van der Waals surface area contributed by atoms with Crippen LogP contribution in [-0.4, -0.2) is 18.0 Å². The van der Waals surface area contributed by atoms with Crippen molar-refractivity contribution in [3.8, 4) is 0 Å². The van der Waals surface area contributed by atoms with Crippen LogP contribution in [-0.2, 0) is 11.5 Å². The molecule has 0 radical (unpaired) electrons. The molecule has 0 saturated heterocycles. The van der Waals surface area contributed by atoms with E-state index in [-0.39, 0.29) is 5.69 Å². The summed E-state index contributed by atoms with van der Waals surface area (Å²) in [6.07, 6.45) is 1.37. The van der Waals surface area contributed by atoms with Crippen LogP contribution in [0.4, 0.5) is 4.39 Å². The van der Waals surface area contributed by atoms with Crippen LogP contribution in [0, 0.1) is 0 Å². The first-order chi connectivity index (χ1) is 6.27. The van der Waals surface area contributed by atoms with E-state index in [1.807, 2.05) is 0 Å². The number of alkyl halides is 1. The molecule has 1 heterocycles. The number of amides is 1. The van der Waals surface area contributed by atoms with Gasteiger partial charge in [-0.15, -0.1) is 0 Å². The first-order valence-electron chi connectivity index (χ1n) is 3.62. The Morgan fingerprint density at radius 3 is 3.15 bits per heavy atom. The molecule has 1 rings (SSSR count). The number of pyridine rings is 1. The van der Waals surface area contributed by atoms with Crippen LogP contribution < -0.4 is 5.48 Å². The second-order valence-corrected chi connectivity index (χ2v) is 2.30. The highest BCUT2D eigenvalue weighted by Gasteiger charge is 2.05. The molecule has 1 aromatic heterocycles. The van der Waals surface area contributed by atoms with Crippen molar-refractivity contribution in [2.45, 2.75) is 6.67 Å². The van der Waals surface area contributed by atoms with Crippen molar-refractivity contribution in [1.82, 2.24) is 10.5 Å². The molecule has 4 nitrogen and oxygen atoms in total. The number of halogens is 1. The van der Waals surface area contributed by atoms with Crippen LogP contribution in [0.15, 0.2) is 18.3 Å². The maximum Gasteiger partial charge on any atom is 0.274 e. The molecule has 0 atom stereocenters. The van der Waals surface area contributed by atoms with Crippen molar-refractivity contribution in [3.63, 3.8) is 0 Å². The molecule has 0 spiro atoms. The largest absolute Gasteiger partial charge is 0.277 e. The molecule has 0 saturated carbocycles. The average Bonchev–Trinajstić information content (AvgIpc) is 2.18. The highest BCUT2D eigenvalue weighted by molar-refractivity contribution is 5.93. The number of nitrogens with zero attached hydrogens (tertiary/aromatic N) is 1. The second kappa shape index (κ2) is 4.51. The Bertz CT molecular complexity index is 304. The third-order valence-electron chi connectivity index (χ3n) is 1.41. The number of rotatable bonds is 3. The zero-order chi connectivity index (χ0) is 9.68. The number of hydrogen-bond donors (Lipinski definition) is 1. The SMILES string of the molecule is CONC(=O)c1ccnc(CF)c1. The van der Waals surface area contributed by atoms with Gasteiger partial charge in [-0.1, -0.05) is 0 Å². The second-order valence-electron chi connectivity index (χ2n) is 2.30. The molecule has 0 aliphatic rings. The maximum atomic E-state index is 12.1. The van der Waals surface area contributed by atoms with Crippen molar-refractivity contribution in [2.24, 2.45) is 0 Å². The lowest BCUT2D eigenvalue weighted by molar-refractivity contribution is 0.0537. The van der Waals surface area contributed by atoms with Crippen molar-refractivity contribution in [1.29, 1.82) is 0 Å². The summed E-state index contributed by atoms with van der Waals surface area (Å²) in [5, 5.41) is 0. The summed E-state index contributed by atoms with van der Waals surface area (Å²) in [7, 11) is 1.33. The van der Waals surface area contributed by atoms with E-state index in [0.29, 0.717) is 5.56 Å². The van der Waals surface area contributed by atoms with Crippen LogP contribution in [0.3, 0.4) is 0 Å². The molecule has 70 valence electrons. The molecule has 0 aliphatic carbocycles. The van der Waals surface area contributed by atoms with Crippen molar-refractivity contribution in [2.75, 3.05) is 7.11 Å². The highest BCUT2D eigenvalue weighted by Crippen LogP contribution is 2.02. The topological polar surface area (TPSA) is 51.2 Å². The summed E-state index contributed by atoms with van der Waals surface area (Å²) in [5.74, 6) is -0.417. The van der Waals surface area contributed by atoms with Crippen molar-refractivity contribution >= 4 is 5.91 Å². The minimum absolute atomic E-state index is 0.226. The Morgan fingerprint density at radius 1 is 1.77 bits per heavy atom. The van der Waals surface area contributed by atoms with Gasteiger partial charge in [-0.05, 0) is 12.1 Å². The molecule has 0 unspecified atom stereocenters. The van der Waals surface area contributed by atoms with Crippen LogP contribution in [0.2, 0.25) is 0 Å². The van der Waals surface area contributed by atoms with Gasteiger partial charge in [0, 0.05) is 11.8 Å². The molecule has 1 amide bonds. The van der Waals surface area contributed by atoms with E-state index in [9.17, 15) is 9.18 Å². The predicted molar refractivity (Wildman–Crippen MR) is 43.5 cm³/mol. The van der Waals surface area contributed by atoms with E-state index in [2.05, 4.69) is 15.3 Å². The summed E-state index contributed by atoms with van der Waals surface area (Å²) in [4.78, 5) is 19.2. The summed E-state index contributed by atoms with van der Waals surface area (Å²) >= 11 is 0. The fourth-order valence-corrected chi connectivity index (χ4v) is 0.844. The Balaban J connectivity index is 2.82. The zero-order valence-corrected chi connectivity index (χ0v) is 7.08. The Morgan fingerprint density at radius 2 is 2.54 bits per heavy atom. The van der Waals surface area contributed by atoms with E-state index >= 15 is 0 Å². The normalized spacial score (nSPS) is 9.69. The van der Waals surface area contributed by atoms with E-state index in [1.54, 1.807) is 0 Å². The van der Waals surface area contributed by atoms with Gasteiger partial charge in [0.1, 0.15) is 6.67 Å². The molecule has 13 heavy (non-hydrogen) atoms. The van der Waals surface area contributed by atoms with E-state index in [4.69, 9.17) is 0 Å². The molecule has 0 aliphatic heterocycles. The predicted octanol–water partition coefficient (Wildman–Crippen LogP) is 0.842. The lowest BCUT2D eigenvalue weighted by Gasteiger charge is -2.01. The van der Waals surface area contributed by atoms with Crippen LogP contribution in [0.5, 0.6) is 0 Å². The lowest BCUT2D eigenvalue weighted by atomic mass is 10.2. The van der Waals surface area contributed by atoms with Crippen LogP contribution >= 0.6 is 0 Å². The quantitative estimate of drug-likeness (QED) is 0.708. The molecule has 0 aromatic carbocycles. The number of hydroxylamine groups is 1. The van der Waals surface area contributed by atoms with Crippen LogP contribution in [0.1, 0.15) is 16.1 Å². The molecule has 5 heteroatoms. The van der Waals surface area contributed by atoms with Gasteiger partial charge < -0.3 is 0 Å². The third kappa shape index (κ3) is 2.48. The smallest absolute Gasteiger partial charge is 0.274 e. The van der Waals surface area contributed by atoms with Crippen LogP contribution in [0.25, 0.3) is 0 Å². The monoisotopic (exact) mass is 184 g/mol. The molecule has 0 bridgehead atoms. The van der Waals surface area contributed by atoms with Gasteiger partial charge in [-0.3, -0.25) is 14.6 Å². The van der Waals surface area contributed by atoms with E-state index in [0.717, 1.165) is 0 Å². The Kier molecular flexibility index (Phi) is 3.33. The number of hydrogen-bond acceptors (Lipinski definition) is 3. The Hall–Kier alpha value is -1.49. The van der Waals surface area contributed by atoms with Gasteiger partial charge in [0.15, 0.2) is 0 Å². The van der Waals surface area contributed by atoms with Gasteiger partial charge >= 0.3 is 0 Å². The number of carbonyl (C=O) groups is 1. The lowest BCUT2D eigenvalue weighted by Crippen LogP contribution is -2.21. The minimum atomic E-state index is -0.686. The zero-order valence-electron chi connectivity index (χ0n) is 7.08. The fraction of sp³-hybridized carbons (Fsp3) is 0.250. The molecular formula is C8H9FN2O2. The average molecular weight is 184 g/mol. The fourth-order valence-electron chi connectivity index (χ4n) is 0.844. The van der Waals surface area contributed by atoms with Crippen molar-refractivity contribution < 1.29 is 14.0 Å². The number of carbonyl (C=O) groups excluding carboxylic acids is 1.